The quantitative estimate of drug-likeness (QED) is 0.862. The maximum atomic E-state index is 9.29. The molecule has 0 aromatic carbocycles. The fraction of sp³-hybridized carbons (Fsp3) is 0.571. The SMILES string of the molecule is Cc1ccnc(N2CCC(C)CC2CN)c1C#N. The van der Waals surface area contributed by atoms with Crippen LogP contribution < -0.4 is 10.6 Å². The molecule has 4 heteroatoms. The van der Waals surface area contributed by atoms with Crippen LogP contribution >= 0.6 is 0 Å². The van der Waals surface area contributed by atoms with Gasteiger partial charge in [0.1, 0.15) is 11.9 Å². The van der Waals surface area contributed by atoms with Crippen molar-refractivity contribution in [3.8, 4) is 6.07 Å². The molecule has 2 unspecified atom stereocenters. The molecule has 1 aliphatic rings. The topological polar surface area (TPSA) is 65.9 Å². The first-order valence-corrected chi connectivity index (χ1v) is 6.49. The van der Waals surface area contributed by atoms with Crippen molar-refractivity contribution in [3.63, 3.8) is 0 Å². The molecule has 2 atom stereocenters. The summed E-state index contributed by atoms with van der Waals surface area (Å²) < 4.78 is 0. The molecule has 2 rings (SSSR count). The Morgan fingerprint density at radius 2 is 2.39 bits per heavy atom. The Morgan fingerprint density at radius 1 is 1.61 bits per heavy atom. The van der Waals surface area contributed by atoms with E-state index in [4.69, 9.17) is 5.73 Å². The fourth-order valence-corrected chi connectivity index (χ4v) is 2.65. The highest BCUT2D eigenvalue weighted by molar-refractivity contribution is 5.58. The number of pyridine rings is 1. The van der Waals surface area contributed by atoms with Crippen LogP contribution in [0.5, 0.6) is 0 Å². The molecule has 1 aromatic heterocycles. The van der Waals surface area contributed by atoms with Crippen molar-refractivity contribution < 1.29 is 0 Å². The van der Waals surface area contributed by atoms with E-state index in [0.717, 1.165) is 30.8 Å². The van der Waals surface area contributed by atoms with Crippen LogP contribution in [0.4, 0.5) is 5.82 Å². The summed E-state index contributed by atoms with van der Waals surface area (Å²) in [5.41, 5.74) is 7.54. The standard InChI is InChI=1S/C14H20N4/c1-10-4-6-18(12(7-10)8-15)14-13(9-16)11(2)3-5-17-14/h3,5,10,12H,4,6-8,15H2,1-2H3. The monoisotopic (exact) mass is 244 g/mol. The highest BCUT2D eigenvalue weighted by Crippen LogP contribution is 2.29. The molecule has 0 amide bonds. The Balaban J connectivity index is 2.36. The van der Waals surface area contributed by atoms with Crippen LogP contribution in [0.15, 0.2) is 12.3 Å². The van der Waals surface area contributed by atoms with Crippen LogP contribution in [0.3, 0.4) is 0 Å². The number of aryl methyl sites for hydroxylation is 1. The summed E-state index contributed by atoms with van der Waals surface area (Å²) in [5.74, 6) is 1.50. The molecule has 0 saturated carbocycles. The van der Waals surface area contributed by atoms with E-state index in [-0.39, 0.29) is 0 Å². The van der Waals surface area contributed by atoms with E-state index in [1.54, 1.807) is 6.20 Å². The number of hydrogen-bond acceptors (Lipinski definition) is 4. The highest BCUT2D eigenvalue weighted by Gasteiger charge is 2.28. The van der Waals surface area contributed by atoms with Crippen molar-refractivity contribution in [2.75, 3.05) is 18.0 Å². The maximum Gasteiger partial charge on any atom is 0.147 e. The van der Waals surface area contributed by atoms with E-state index in [0.29, 0.717) is 24.1 Å². The predicted octanol–water partition coefficient (Wildman–Crippen LogP) is 1.83. The minimum atomic E-state index is 0.301. The summed E-state index contributed by atoms with van der Waals surface area (Å²) in [7, 11) is 0. The molecule has 1 fully saturated rings. The van der Waals surface area contributed by atoms with Gasteiger partial charge in [0, 0.05) is 25.3 Å². The van der Waals surface area contributed by atoms with Gasteiger partial charge in [0.2, 0.25) is 0 Å². The maximum absolute atomic E-state index is 9.29. The molecular weight excluding hydrogens is 224 g/mol. The van der Waals surface area contributed by atoms with Crippen molar-refractivity contribution in [2.45, 2.75) is 32.7 Å². The van der Waals surface area contributed by atoms with Crippen LogP contribution in [-0.2, 0) is 0 Å². The second kappa shape index (κ2) is 5.36. The van der Waals surface area contributed by atoms with Crippen molar-refractivity contribution in [2.24, 2.45) is 11.7 Å². The summed E-state index contributed by atoms with van der Waals surface area (Å²) in [4.78, 5) is 6.62. The molecule has 2 N–H and O–H groups in total. The van der Waals surface area contributed by atoms with Gasteiger partial charge in [-0.3, -0.25) is 0 Å². The molecule has 4 nitrogen and oxygen atoms in total. The highest BCUT2D eigenvalue weighted by atomic mass is 15.2. The summed E-state index contributed by atoms with van der Waals surface area (Å²) in [5, 5.41) is 9.29. The first kappa shape index (κ1) is 12.8. The molecule has 18 heavy (non-hydrogen) atoms. The molecule has 2 heterocycles. The minimum absolute atomic E-state index is 0.301. The van der Waals surface area contributed by atoms with Crippen LogP contribution in [-0.4, -0.2) is 24.1 Å². The smallest absolute Gasteiger partial charge is 0.147 e. The first-order chi connectivity index (χ1) is 8.67. The van der Waals surface area contributed by atoms with Crippen LogP contribution in [0, 0.1) is 24.2 Å². The Bertz CT molecular complexity index is 463. The number of rotatable bonds is 2. The number of anilines is 1. The second-order valence-electron chi connectivity index (χ2n) is 5.15. The molecule has 1 aliphatic heterocycles. The largest absolute Gasteiger partial charge is 0.351 e. The van der Waals surface area contributed by atoms with E-state index in [9.17, 15) is 5.26 Å². The molecule has 1 aromatic rings. The molecule has 0 spiro atoms. The van der Waals surface area contributed by atoms with Crippen molar-refractivity contribution in [3.05, 3.63) is 23.4 Å². The van der Waals surface area contributed by atoms with E-state index in [1.165, 1.54) is 0 Å². The van der Waals surface area contributed by atoms with Crippen molar-refractivity contribution in [1.29, 1.82) is 5.26 Å². The third-order valence-electron chi connectivity index (χ3n) is 3.77. The van der Waals surface area contributed by atoms with Gasteiger partial charge in [-0.1, -0.05) is 6.92 Å². The van der Waals surface area contributed by atoms with Crippen LogP contribution in [0.1, 0.15) is 30.9 Å². The Morgan fingerprint density at radius 3 is 3.06 bits per heavy atom. The lowest BCUT2D eigenvalue weighted by atomic mass is 9.92. The van der Waals surface area contributed by atoms with Gasteiger partial charge in [0.05, 0.1) is 5.56 Å². The average Bonchev–Trinajstić information content (AvgIpc) is 2.38. The minimum Gasteiger partial charge on any atom is -0.351 e. The average molecular weight is 244 g/mol. The van der Waals surface area contributed by atoms with E-state index < -0.39 is 0 Å². The van der Waals surface area contributed by atoms with Crippen LogP contribution in [0.2, 0.25) is 0 Å². The number of nitriles is 1. The van der Waals surface area contributed by atoms with Gasteiger partial charge in [0.15, 0.2) is 0 Å². The van der Waals surface area contributed by atoms with Gasteiger partial charge >= 0.3 is 0 Å². The van der Waals surface area contributed by atoms with E-state index in [2.05, 4.69) is 22.9 Å². The molecular formula is C14H20N4. The zero-order valence-electron chi connectivity index (χ0n) is 11.1. The molecule has 1 saturated heterocycles. The molecule has 0 bridgehead atoms. The number of piperidine rings is 1. The summed E-state index contributed by atoms with van der Waals surface area (Å²) in [6.07, 6.45) is 3.99. The summed E-state index contributed by atoms with van der Waals surface area (Å²) >= 11 is 0. The lowest BCUT2D eigenvalue weighted by molar-refractivity contribution is 0.365. The summed E-state index contributed by atoms with van der Waals surface area (Å²) in [6.45, 7) is 5.77. The number of nitrogens with two attached hydrogens (primary N) is 1. The van der Waals surface area contributed by atoms with Gasteiger partial charge in [-0.25, -0.2) is 4.98 Å². The predicted molar refractivity (Wildman–Crippen MR) is 72.3 cm³/mol. The van der Waals surface area contributed by atoms with Crippen LogP contribution in [0.25, 0.3) is 0 Å². The van der Waals surface area contributed by atoms with Gasteiger partial charge in [-0.2, -0.15) is 5.26 Å². The van der Waals surface area contributed by atoms with Gasteiger partial charge < -0.3 is 10.6 Å². The van der Waals surface area contributed by atoms with Gasteiger partial charge in [-0.05, 0) is 37.3 Å². The Labute approximate surface area is 108 Å². The first-order valence-electron chi connectivity index (χ1n) is 6.49. The van der Waals surface area contributed by atoms with Gasteiger partial charge in [0.25, 0.3) is 0 Å². The Kier molecular flexibility index (Phi) is 3.83. The van der Waals surface area contributed by atoms with Gasteiger partial charge in [-0.15, -0.1) is 0 Å². The third kappa shape index (κ3) is 2.32. The molecule has 0 aliphatic carbocycles. The Hall–Kier alpha value is -1.60. The normalized spacial score (nSPS) is 23.8. The molecule has 0 radical (unpaired) electrons. The fourth-order valence-electron chi connectivity index (χ4n) is 2.65. The lowest BCUT2D eigenvalue weighted by Crippen LogP contribution is -2.47. The van der Waals surface area contributed by atoms with E-state index >= 15 is 0 Å². The zero-order valence-corrected chi connectivity index (χ0v) is 11.1. The second-order valence-corrected chi connectivity index (χ2v) is 5.15. The van der Waals surface area contributed by atoms with Crippen molar-refractivity contribution in [1.82, 2.24) is 4.98 Å². The number of nitrogens with zero attached hydrogens (tertiary/aromatic N) is 3. The van der Waals surface area contributed by atoms with Crippen molar-refractivity contribution >= 4 is 5.82 Å². The number of hydrogen-bond donors (Lipinski definition) is 1. The number of aromatic nitrogens is 1. The summed E-state index contributed by atoms with van der Waals surface area (Å²) in [6, 6.07) is 4.45. The zero-order chi connectivity index (χ0) is 13.1. The lowest BCUT2D eigenvalue weighted by Gasteiger charge is -2.39. The van der Waals surface area contributed by atoms with E-state index in [1.807, 2.05) is 13.0 Å². The molecule has 96 valence electrons. The third-order valence-corrected chi connectivity index (χ3v) is 3.77.